The molecule has 0 aromatic carbocycles. The lowest BCUT2D eigenvalue weighted by Gasteiger charge is -2.04. The minimum atomic E-state index is -1.05. The van der Waals surface area contributed by atoms with Crippen molar-refractivity contribution in [3.05, 3.63) is 12.7 Å². The Hall–Kier alpha value is -1.66. The summed E-state index contributed by atoms with van der Waals surface area (Å²) in [6.45, 7) is 3.10. The Morgan fingerprint density at radius 3 is 2.21 bits per heavy atom. The average molecular weight is 200 g/mol. The van der Waals surface area contributed by atoms with E-state index in [-0.39, 0.29) is 19.8 Å². The van der Waals surface area contributed by atoms with Gasteiger partial charge in [-0.2, -0.15) is 0 Å². The maximum absolute atomic E-state index is 10.6. The van der Waals surface area contributed by atoms with Crippen LogP contribution in [0.1, 0.15) is 0 Å². The lowest BCUT2D eigenvalue weighted by Crippen LogP contribution is -2.14. The van der Waals surface area contributed by atoms with Crippen molar-refractivity contribution in [2.24, 2.45) is 0 Å². The highest BCUT2D eigenvalue weighted by Gasteiger charge is 2.03. The van der Waals surface area contributed by atoms with E-state index in [1.165, 1.54) is 6.08 Å². The fraction of sp³-hybridized carbons (Fsp3) is 0.429. The summed E-state index contributed by atoms with van der Waals surface area (Å²) in [5.41, 5.74) is 0. The van der Waals surface area contributed by atoms with E-state index in [4.69, 9.17) is 0 Å². The second kappa shape index (κ2) is 7.97. The molecule has 0 aliphatic heterocycles. The van der Waals surface area contributed by atoms with Crippen molar-refractivity contribution >= 4 is 20.4 Å². The maximum atomic E-state index is 10.6. The Kier molecular flexibility index (Phi) is 7.02. The van der Waals surface area contributed by atoms with E-state index in [1.54, 1.807) is 0 Å². The zero-order chi connectivity index (χ0) is 10.8. The smallest absolute Gasteiger partial charge is 0.508 e. The predicted octanol–water partition coefficient (Wildman–Crippen LogP) is 0.562. The lowest BCUT2D eigenvalue weighted by molar-refractivity contribution is 0.0366. The van der Waals surface area contributed by atoms with Crippen LogP contribution in [0.4, 0.5) is 9.59 Å². The summed E-state index contributed by atoms with van der Waals surface area (Å²) in [5, 5.41) is 0. The van der Waals surface area contributed by atoms with E-state index in [1.807, 2.05) is 0 Å². The van der Waals surface area contributed by atoms with Gasteiger partial charge in [-0.05, 0) is 0 Å². The van der Waals surface area contributed by atoms with Gasteiger partial charge in [-0.1, -0.05) is 12.7 Å². The molecule has 2 radical (unpaired) electrons. The fourth-order valence-electron chi connectivity index (χ4n) is 0.453. The molecule has 0 unspecified atom stereocenters. The van der Waals surface area contributed by atoms with Gasteiger partial charge in [0.1, 0.15) is 19.8 Å². The van der Waals surface area contributed by atoms with Gasteiger partial charge in [-0.25, -0.2) is 9.59 Å². The number of rotatable bonds is 5. The molecule has 76 valence electrons. The molecule has 7 heteroatoms. The van der Waals surface area contributed by atoms with Crippen molar-refractivity contribution < 1.29 is 28.5 Å². The molecule has 0 saturated heterocycles. The zero-order valence-corrected chi connectivity index (χ0v) is 7.43. The number of hydrogen-bond donors (Lipinski definition) is 0. The molecule has 0 fully saturated rings. The van der Waals surface area contributed by atoms with Crippen LogP contribution in [0.15, 0.2) is 12.7 Å². The largest absolute Gasteiger partial charge is 0.513 e. The lowest BCUT2D eigenvalue weighted by atomic mass is 10.6. The van der Waals surface area contributed by atoms with Crippen molar-refractivity contribution in [1.82, 2.24) is 0 Å². The van der Waals surface area contributed by atoms with Crippen LogP contribution in [0.2, 0.25) is 0 Å². The second-order valence-corrected chi connectivity index (χ2v) is 1.91. The topological polar surface area (TPSA) is 71.1 Å². The summed E-state index contributed by atoms with van der Waals surface area (Å²) in [7, 11) is 4.46. The highest BCUT2D eigenvalue weighted by Crippen LogP contribution is 1.87. The van der Waals surface area contributed by atoms with Crippen molar-refractivity contribution in [1.29, 1.82) is 0 Å². The predicted molar refractivity (Wildman–Crippen MR) is 45.7 cm³/mol. The van der Waals surface area contributed by atoms with Crippen LogP contribution in [0.3, 0.4) is 0 Å². The van der Waals surface area contributed by atoms with Crippen LogP contribution in [-0.4, -0.2) is 40.2 Å². The number of carbonyl (C=O) groups excluding carboxylic acids is 2. The van der Waals surface area contributed by atoms with E-state index < -0.39 is 12.3 Å². The first-order chi connectivity index (χ1) is 6.70. The first-order valence-electron chi connectivity index (χ1n) is 3.64. The molecule has 0 aromatic heterocycles. The first kappa shape index (κ1) is 12.3. The quantitative estimate of drug-likeness (QED) is 0.279. The maximum Gasteiger partial charge on any atom is 0.508 e. The molecule has 0 rings (SSSR count). The van der Waals surface area contributed by atoms with Crippen molar-refractivity contribution in [2.45, 2.75) is 0 Å². The summed E-state index contributed by atoms with van der Waals surface area (Å²) in [6.07, 6.45) is -0.522. The van der Waals surface area contributed by atoms with Crippen molar-refractivity contribution in [3.8, 4) is 0 Å². The molecule has 0 bridgehead atoms. The first-order valence-corrected chi connectivity index (χ1v) is 3.64. The molecule has 0 aliphatic carbocycles. The SMILES string of the molecule is [B]OC(=O)OCCOC(=O)OCC=C. The molecule has 0 spiro atoms. The minimum absolute atomic E-state index is 0.0601. The van der Waals surface area contributed by atoms with Gasteiger partial charge in [0.2, 0.25) is 0 Å². The molecule has 0 aromatic rings. The van der Waals surface area contributed by atoms with E-state index in [9.17, 15) is 9.59 Å². The minimum Gasteiger partial charge on any atom is -0.513 e. The monoisotopic (exact) mass is 200 g/mol. The fourth-order valence-corrected chi connectivity index (χ4v) is 0.453. The summed E-state index contributed by atoms with van der Waals surface area (Å²) < 4.78 is 16.9. The van der Waals surface area contributed by atoms with Gasteiger partial charge in [0.15, 0.2) is 0 Å². The molecule has 0 heterocycles. The summed E-state index contributed by atoms with van der Waals surface area (Å²) >= 11 is 0. The van der Waals surface area contributed by atoms with Crippen LogP contribution in [0.5, 0.6) is 0 Å². The van der Waals surface area contributed by atoms with Gasteiger partial charge in [-0.3, -0.25) is 0 Å². The third-order valence-electron chi connectivity index (χ3n) is 0.938. The Bertz CT molecular complexity index is 204. The van der Waals surface area contributed by atoms with Gasteiger partial charge in [0.05, 0.1) is 0 Å². The summed E-state index contributed by atoms with van der Waals surface area (Å²) in [4.78, 5) is 20.9. The van der Waals surface area contributed by atoms with Crippen molar-refractivity contribution in [3.63, 3.8) is 0 Å². The van der Waals surface area contributed by atoms with Gasteiger partial charge in [0, 0.05) is 0 Å². The number of ether oxygens (including phenoxy) is 3. The Morgan fingerprint density at radius 1 is 1.14 bits per heavy atom. The van der Waals surface area contributed by atoms with Gasteiger partial charge >= 0.3 is 20.4 Å². The standard InChI is InChI=1S/C7H9BO6/c1-2-3-11-6(9)12-4-5-13-7(10)14-8/h2H,1,3-5H2. The molecule has 0 saturated carbocycles. The van der Waals surface area contributed by atoms with Crippen LogP contribution in [0, 0.1) is 0 Å². The van der Waals surface area contributed by atoms with Crippen LogP contribution in [-0.2, 0) is 18.9 Å². The zero-order valence-electron chi connectivity index (χ0n) is 7.43. The third-order valence-corrected chi connectivity index (χ3v) is 0.938. The normalized spacial score (nSPS) is 8.57. The highest BCUT2D eigenvalue weighted by atomic mass is 16.7. The molecular formula is C7H9BO6. The molecule has 0 atom stereocenters. The van der Waals surface area contributed by atoms with Gasteiger partial charge in [0.25, 0.3) is 0 Å². The molecular weight excluding hydrogens is 191 g/mol. The molecule has 0 aliphatic rings. The van der Waals surface area contributed by atoms with E-state index in [0.717, 1.165) is 0 Å². The van der Waals surface area contributed by atoms with Crippen LogP contribution in [0.25, 0.3) is 0 Å². The molecule has 0 N–H and O–H groups in total. The van der Waals surface area contributed by atoms with E-state index in [2.05, 4.69) is 33.5 Å². The average Bonchev–Trinajstić information content (AvgIpc) is 2.21. The van der Waals surface area contributed by atoms with Crippen molar-refractivity contribution in [2.75, 3.05) is 19.8 Å². The van der Waals surface area contributed by atoms with Crippen LogP contribution >= 0.6 is 0 Å². The number of hydrogen-bond acceptors (Lipinski definition) is 6. The number of carbonyl (C=O) groups is 2. The van der Waals surface area contributed by atoms with E-state index >= 15 is 0 Å². The van der Waals surface area contributed by atoms with Gasteiger partial charge < -0.3 is 18.9 Å². The molecule has 0 amide bonds. The Balaban J connectivity index is 3.31. The summed E-state index contributed by atoms with van der Waals surface area (Å²) in [5.74, 6) is 0. The third kappa shape index (κ3) is 7.02. The summed E-state index contributed by atoms with van der Waals surface area (Å²) in [6, 6.07) is 0. The van der Waals surface area contributed by atoms with Crippen LogP contribution < -0.4 is 0 Å². The molecule has 14 heavy (non-hydrogen) atoms. The van der Waals surface area contributed by atoms with Gasteiger partial charge in [-0.15, -0.1) is 0 Å². The highest BCUT2D eigenvalue weighted by molar-refractivity contribution is 6.04. The van der Waals surface area contributed by atoms with E-state index in [0.29, 0.717) is 0 Å². The Labute approximate surface area is 82.2 Å². The molecule has 6 nitrogen and oxygen atoms in total. The Morgan fingerprint density at radius 2 is 1.71 bits per heavy atom. The second-order valence-electron chi connectivity index (χ2n) is 1.91.